The van der Waals surface area contributed by atoms with Crippen molar-refractivity contribution in [1.82, 2.24) is 9.78 Å². The third-order valence-electron chi connectivity index (χ3n) is 2.77. The van der Waals surface area contributed by atoms with Crippen LogP contribution < -0.4 is 10.9 Å². The molecule has 8 heteroatoms. The van der Waals surface area contributed by atoms with Gasteiger partial charge in [0.25, 0.3) is 5.56 Å². The van der Waals surface area contributed by atoms with Crippen molar-refractivity contribution < 1.29 is 13.2 Å². The van der Waals surface area contributed by atoms with Crippen molar-refractivity contribution in [2.45, 2.75) is 6.92 Å². The second kappa shape index (κ2) is 5.16. The van der Waals surface area contributed by atoms with Gasteiger partial charge < -0.3 is 5.32 Å². The summed E-state index contributed by atoms with van der Waals surface area (Å²) in [6.07, 6.45) is 1.18. The van der Waals surface area contributed by atoms with Gasteiger partial charge in [-0.3, -0.25) is 4.79 Å². The normalized spacial score (nSPS) is 10.7. The lowest BCUT2D eigenvalue weighted by molar-refractivity contribution is 0.481. The predicted molar refractivity (Wildman–Crippen MR) is 69.0 cm³/mol. The van der Waals surface area contributed by atoms with Crippen molar-refractivity contribution in [3.8, 4) is 5.69 Å². The van der Waals surface area contributed by atoms with Crippen LogP contribution in [-0.4, -0.2) is 16.8 Å². The average Bonchev–Trinajstić information content (AvgIpc) is 2.44. The third kappa shape index (κ3) is 2.14. The van der Waals surface area contributed by atoms with Crippen molar-refractivity contribution in [2.24, 2.45) is 0 Å². The lowest BCUT2D eigenvalue weighted by atomic mass is 10.2. The van der Waals surface area contributed by atoms with Crippen LogP contribution in [0.25, 0.3) is 5.69 Å². The van der Waals surface area contributed by atoms with E-state index in [1.165, 1.54) is 13.2 Å². The molecule has 0 saturated carbocycles. The van der Waals surface area contributed by atoms with Crippen LogP contribution >= 0.6 is 11.6 Å². The summed E-state index contributed by atoms with van der Waals surface area (Å²) in [6.45, 7) is 1.06. The fourth-order valence-corrected chi connectivity index (χ4v) is 1.87. The third-order valence-corrected chi connectivity index (χ3v) is 3.14. The van der Waals surface area contributed by atoms with Gasteiger partial charge in [-0.1, -0.05) is 11.6 Å². The maximum Gasteiger partial charge on any atom is 0.292 e. The molecule has 0 amide bonds. The van der Waals surface area contributed by atoms with Gasteiger partial charge in [0.15, 0.2) is 17.5 Å². The molecule has 0 saturated heterocycles. The van der Waals surface area contributed by atoms with Crippen molar-refractivity contribution >= 4 is 17.3 Å². The number of hydrogen-bond donors (Lipinski definition) is 1. The van der Waals surface area contributed by atoms with E-state index < -0.39 is 34.3 Å². The van der Waals surface area contributed by atoms with Gasteiger partial charge in [0.1, 0.15) is 10.7 Å². The zero-order valence-corrected chi connectivity index (χ0v) is 11.2. The van der Waals surface area contributed by atoms with Crippen LogP contribution in [0.1, 0.15) is 5.56 Å². The number of rotatable bonds is 2. The molecule has 4 nitrogen and oxygen atoms in total. The van der Waals surface area contributed by atoms with E-state index in [4.69, 9.17) is 11.6 Å². The first-order valence-electron chi connectivity index (χ1n) is 5.48. The molecular weight excluding hydrogens is 295 g/mol. The van der Waals surface area contributed by atoms with Crippen LogP contribution in [0.3, 0.4) is 0 Å². The van der Waals surface area contributed by atoms with Crippen LogP contribution in [0.15, 0.2) is 17.1 Å². The van der Waals surface area contributed by atoms with E-state index in [2.05, 4.69) is 10.4 Å². The molecule has 20 heavy (non-hydrogen) atoms. The first-order valence-corrected chi connectivity index (χ1v) is 5.86. The van der Waals surface area contributed by atoms with E-state index in [9.17, 15) is 18.0 Å². The largest absolute Gasteiger partial charge is 0.385 e. The number of aromatic nitrogens is 2. The molecule has 0 bridgehead atoms. The van der Waals surface area contributed by atoms with Crippen LogP contribution in [0.2, 0.25) is 5.02 Å². The Morgan fingerprint density at radius 3 is 2.55 bits per heavy atom. The number of nitrogens with zero attached hydrogens (tertiary/aromatic N) is 2. The predicted octanol–water partition coefficient (Wildman–Crippen LogP) is 2.65. The summed E-state index contributed by atoms with van der Waals surface area (Å²) in [5.74, 6) is -3.66. The lowest BCUT2D eigenvalue weighted by Crippen LogP contribution is -2.24. The summed E-state index contributed by atoms with van der Waals surface area (Å²) in [7, 11) is 1.52. The fraction of sp³-hybridized carbons (Fsp3) is 0.167. The standard InChI is InChI=1S/C12H9ClF3N3O/c1-5-10(15)6(14)3-8(11(5)16)19-12(20)9(13)7(17-2)4-18-19/h3-4,17H,1-2H3. The number of halogens is 4. The minimum absolute atomic E-state index is 0.232. The first kappa shape index (κ1) is 14.4. The molecule has 0 radical (unpaired) electrons. The lowest BCUT2D eigenvalue weighted by Gasteiger charge is -2.10. The van der Waals surface area contributed by atoms with E-state index >= 15 is 0 Å². The van der Waals surface area contributed by atoms with Crippen molar-refractivity contribution in [1.29, 1.82) is 0 Å². The minimum atomic E-state index is -1.31. The summed E-state index contributed by atoms with van der Waals surface area (Å²) >= 11 is 5.79. The van der Waals surface area contributed by atoms with Gasteiger partial charge in [0.2, 0.25) is 0 Å². The van der Waals surface area contributed by atoms with Crippen LogP contribution in [0.5, 0.6) is 0 Å². The molecule has 0 aliphatic heterocycles. The zero-order chi connectivity index (χ0) is 15.0. The maximum atomic E-state index is 14.0. The highest BCUT2D eigenvalue weighted by atomic mass is 35.5. The molecule has 0 spiro atoms. The van der Waals surface area contributed by atoms with Gasteiger partial charge in [-0.25, -0.2) is 13.2 Å². The Morgan fingerprint density at radius 2 is 1.95 bits per heavy atom. The number of hydrogen-bond acceptors (Lipinski definition) is 3. The molecule has 0 aliphatic rings. The topological polar surface area (TPSA) is 46.9 Å². The number of nitrogens with one attached hydrogen (secondary N) is 1. The molecule has 1 N–H and O–H groups in total. The molecule has 1 heterocycles. The number of benzene rings is 1. The SMILES string of the molecule is CNc1cnn(-c2cc(F)c(F)c(C)c2F)c(=O)c1Cl. The van der Waals surface area contributed by atoms with Crippen molar-refractivity contribution in [3.63, 3.8) is 0 Å². The van der Waals surface area contributed by atoms with Gasteiger partial charge in [-0.15, -0.1) is 0 Å². The van der Waals surface area contributed by atoms with Crippen molar-refractivity contribution in [3.05, 3.63) is 50.7 Å². The molecule has 106 valence electrons. The Kier molecular flexibility index (Phi) is 3.71. The zero-order valence-electron chi connectivity index (χ0n) is 10.5. The molecule has 1 aromatic heterocycles. The minimum Gasteiger partial charge on any atom is -0.385 e. The first-order chi connectivity index (χ1) is 9.38. The molecule has 0 atom stereocenters. The molecule has 0 aliphatic carbocycles. The molecule has 0 unspecified atom stereocenters. The Labute approximate surface area is 116 Å². The quantitative estimate of drug-likeness (QED) is 0.868. The highest BCUT2D eigenvalue weighted by Gasteiger charge is 2.19. The molecular formula is C12H9ClF3N3O. The smallest absolute Gasteiger partial charge is 0.292 e. The highest BCUT2D eigenvalue weighted by Crippen LogP contribution is 2.22. The Hall–Kier alpha value is -2.02. The van der Waals surface area contributed by atoms with E-state index in [1.807, 2.05) is 0 Å². The fourth-order valence-electron chi connectivity index (χ4n) is 1.65. The van der Waals surface area contributed by atoms with Gasteiger partial charge in [0.05, 0.1) is 11.9 Å². The second-order valence-corrected chi connectivity index (χ2v) is 4.35. The maximum absolute atomic E-state index is 14.0. The monoisotopic (exact) mass is 303 g/mol. The van der Waals surface area contributed by atoms with E-state index in [0.717, 1.165) is 6.92 Å². The van der Waals surface area contributed by atoms with Gasteiger partial charge in [-0.05, 0) is 6.92 Å². The molecule has 2 rings (SSSR count). The highest BCUT2D eigenvalue weighted by molar-refractivity contribution is 6.32. The Morgan fingerprint density at radius 1 is 1.30 bits per heavy atom. The summed E-state index contributed by atoms with van der Waals surface area (Å²) in [5, 5.41) is 6.07. The van der Waals surface area contributed by atoms with E-state index in [1.54, 1.807) is 0 Å². The Balaban J connectivity index is 2.77. The van der Waals surface area contributed by atoms with Gasteiger partial charge in [-0.2, -0.15) is 9.78 Å². The summed E-state index contributed by atoms with van der Waals surface area (Å²) < 4.78 is 41.1. The van der Waals surface area contributed by atoms with Gasteiger partial charge in [0, 0.05) is 18.7 Å². The van der Waals surface area contributed by atoms with Crippen LogP contribution in [-0.2, 0) is 0 Å². The van der Waals surface area contributed by atoms with Crippen molar-refractivity contribution in [2.75, 3.05) is 12.4 Å². The summed E-state index contributed by atoms with van der Waals surface area (Å²) in [5.41, 5.74) is -1.64. The summed E-state index contributed by atoms with van der Waals surface area (Å²) in [4.78, 5) is 12.0. The molecule has 0 fully saturated rings. The summed E-state index contributed by atoms with van der Waals surface area (Å²) in [6, 6.07) is 0.557. The van der Waals surface area contributed by atoms with E-state index in [0.29, 0.717) is 10.7 Å². The molecule has 1 aromatic carbocycles. The van der Waals surface area contributed by atoms with E-state index in [-0.39, 0.29) is 10.7 Å². The Bertz CT molecular complexity index is 746. The second-order valence-electron chi connectivity index (χ2n) is 3.97. The number of anilines is 1. The van der Waals surface area contributed by atoms with Gasteiger partial charge >= 0.3 is 0 Å². The van der Waals surface area contributed by atoms with Crippen LogP contribution in [0.4, 0.5) is 18.9 Å². The average molecular weight is 304 g/mol. The molecule has 2 aromatic rings. The van der Waals surface area contributed by atoms with Crippen LogP contribution in [0, 0.1) is 24.4 Å².